The van der Waals surface area contributed by atoms with Gasteiger partial charge in [0, 0.05) is 24.1 Å². The first-order chi connectivity index (χ1) is 14.1. The summed E-state index contributed by atoms with van der Waals surface area (Å²) in [5.74, 6) is 1.62. The van der Waals surface area contributed by atoms with Crippen LogP contribution in [-0.2, 0) is 13.0 Å². The number of nitrogens with zero attached hydrogens (tertiary/aromatic N) is 4. The lowest BCUT2D eigenvalue weighted by Crippen LogP contribution is -2.08. The topological polar surface area (TPSA) is 47.7 Å². The second-order valence-corrected chi connectivity index (χ2v) is 7.83. The van der Waals surface area contributed by atoms with Gasteiger partial charge in [0.2, 0.25) is 0 Å². The molecule has 0 aliphatic heterocycles. The van der Waals surface area contributed by atoms with E-state index < -0.39 is 0 Å². The molecule has 1 N–H and O–H groups in total. The van der Waals surface area contributed by atoms with E-state index in [1.54, 1.807) is 6.20 Å². The Bertz CT molecular complexity index is 1060. The molecule has 5 nitrogen and oxygen atoms in total. The Hall–Kier alpha value is -3.34. The quantitative estimate of drug-likeness (QED) is 0.465. The van der Waals surface area contributed by atoms with Gasteiger partial charge in [-0.05, 0) is 54.7 Å². The predicted octanol–water partition coefficient (Wildman–Crippen LogP) is 5.37. The van der Waals surface area contributed by atoms with Gasteiger partial charge in [-0.25, -0.2) is 9.36 Å². The molecule has 0 fully saturated rings. The third-order valence-corrected chi connectivity index (χ3v) is 4.85. The van der Waals surface area contributed by atoms with Crippen LogP contribution in [0.15, 0.2) is 73.1 Å². The molecule has 0 aliphatic rings. The number of aryl methyl sites for hydroxylation is 1. The van der Waals surface area contributed by atoms with Crippen molar-refractivity contribution in [2.75, 3.05) is 5.32 Å². The van der Waals surface area contributed by atoms with E-state index in [1.165, 1.54) is 11.1 Å². The fraction of sp³-hybridized carbons (Fsp3) is 0.250. The lowest BCUT2D eigenvalue weighted by molar-refractivity contribution is 0.648. The Balaban J connectivity index is 1.55. The number of benzene rings is 2. The Morgan fingerprint density at radius 2 is 1.79 bits per heavy atom. The zero-order valence-corrected chi connectivity index (χ0v) is 17.2. The number of hydrogen-bond donors (Lipinski definition) is 1. The summed E-state index contributed by atoms with van der Waals surface area (Å²) in [7, 11) is 0. The standard InChI is InChI=1S/C24H27N5/c1-18(2)15-21-7-4-5-8-23(21)26-24-16-19(3)27-29(24)17-20-9-11-22(12-10-20)28-14-6-13-25-28/h4-14,16,18,26H,15,17H2,1-3H3. The van der Waals surface area contributed by atoms with Crippen molar-refractivity contribution < 1.29 is 0 Å². The summed E-state index contributed by atoms with van der Waals surface area (Å²) < 4.78 is 3.89. The molecule has 0 aliphatic carbocycles. The van der Waals surface area contributed by atoms with Crippen LogP contribution in [0.25, 0.3) is 5.69 Å². The van der Waals surface area contributed by atoms with Crippen molar-refractivity contribution in [2.45, 2.75) is 33.7 Å². The molecule has 5 heteroatoms. The van der Waals surface area contributed by atoms with E-state index in [2.05, 4.69) is 78.9 Å². The predicted molar refractivity (Wildman–Crippen MR) is 118 cm³/mol. The van der Waals surface area contributed by atoms with Gasteiger partial charge in [-0.15, -0.1) is 0 Å². The summed E-state index contributed by atoms with van der Waals surface area (Å²) in [5, 5.41) is 12.6. The minimum atomic E-state index is 0.609. The van der Waals surface area contributed by atoms with Gasteiger partial charge in [0.15, 0.2) is 0 Å². The normalized spacial score (nSPS) is 11.2. The summed E-state index contributed by atoms with van der Waals surface area (Å²) in [6, 6.07) is 21.0. The van der Waals surface area contributed by atoms with Gasteiger partial charge >= 0.3 is 0 Å². The number of aromatic nitrogens is 4. The van der Waals surface area contributed by atoms with Gasteiger partial charge in [0.25, 0.3) is 0 Å². The maximum Gasteiger partial charge on any atom is 0.129 e. The zero-order chi connectivity index (χ0) is 20.2. The summed E-state index contributed by atoms with van der Waals surface area (Å²) in [4.78, 5) is 0. The minimum absolute atomic E-state index is 0.609. The van der Waals surface area contributed by atoms with Crippen molar-refractivity contribution >= 4 is 11.5 Å². The highest BCUT2D eigenvalue weighted by Gasteiger charge is 2.10. The van der Waals surface area contributed by atoms with Gasteiger partial charge in [-0.3, -0.25) is 0 Å². The summed E-state index contributed by atoms with van der Waals surface area (Å²) in [6.07, 6.45) is 4.78. The van der Waals surface area contributed by atoms with Crippen molar-refractivity contribution in [1.29, 1.82) is 0 Å². The number of para-hydroxylation sites is 1. The van der Waals surface area contributed by atoms with Gasteiger partial charge in [0.1, 0.15) is 5.82 Å². The van der Waals surface area contributed by atoms with Crippen molar-refractivity contribution in [3.05, 3.63) is 89.9 Å². The highest BCUT2D eigenvalue weighted by molar-refractivity contribution is 5.61. The Morgan fingerprint density at radius 1 is 1.00 bits per heavy atom. The smallest absolute Gasteiger partial charge is 0.129 e. The summed E-state index contributed by atoms with van der Waals surface area (Å²) in [5.41, 5.74) is 5.73. The van der Waals surface area contributed by atoms with Crippen molar-refractivity contribution in [1.82, 2.24) is 19.6 Å². The van der Waals surface area contributed by atoms with Crippen LogP contribution < -0.4 is 5.32 Å². The van der Waals surface area contributed by atoms with Crippen LogP contribution >= 0.6 is 0 Å². The van der Waals surface area contributed by atoms with E-state index in [0.717, 1.165) is 29.3 Å². The summed E-state index contributed by atoms with van der Waals surface area (Å²) >= 11 is 0. The molecule has 0 spiro atoms. The number of anilines is 2. The molecule has 0 radical (unpaired) electrons. The first kappa shape index (κ1) is 19.0. The first-order valence-electron chi connectivity index (χ1n) is 10.1. The first-order valence-corrected chi connectivity index (χ1v) is 10.1. The number of hydrogen-bond acceptors (Lipinski definition) is 3. The third kappa shape index (κ3) is 4.57. The molecule has 0 amide bonds. The monoisotopic (exact) mass is 385 g/mol. The molecule has 2 aromatic carbocycles. The average molecular weight is 386 g/mol. The molecule has 0 bridgehead atoms. The van der Waals surface area contributed by atoms with E-state index in [-0.39, 0.29) is 0 Å². The molecule has 4 rings (SSSR count). The highest BCUT2D eigenvalue weighted by atomic mass is 15.3. The molecule has 0 saturated carbocycles. The molecule has 0 atom stereocenters. The lowest BCUT2D eigenvalue weighted by Gasteiger charge is -2.15. The van der Waals surface area contributed by atoms with Crippen molar-refractivity contribution in [2.24, 2.45) is 5.92 Å². The third-order valence-electron chi connectivity index (χ3n) is 4.85. The van der Waals surface area contributed by atoms with E-state index in [4.69, 9.17) is 5.10 Å². The molecule has 2 heterocycles. The van der Waals surface area contributed by atoms with Gasteiger partial charge in [0.05, 0.1) is 17.9 Å². The van der Waals surface area contributed by atoms with Gasteiger partial charge in [-0.1, -0.05) is 44.2 Å². The molecular weight excluding hydrogens is 358 g/mol. The number of rotatable bonds is 7. The average Bonchev–Trinajstić information content (AvgIpc) is 3.34. The van der Waals surface area contributed by atoms with Gasteiger partial charge < -0.3 is 5.32 Å². The van der Waals surface area contributed by atoms with Crippen LogP contribution in [0.5, 0.6) is 0 Å². The maximum absolute atomic E-state index is 4.70. The van der Waals surface area contributed by atoms with Crippen LogP contribution in [0, 0.1) is 12.8 Å². The fourth-order valence-electron chi connectivity index (χ4n) is 3.51. The number of nitrogens with one attached hydrogen (secondary N) is 1. The van der Waals surface area contributed by atoms with Crippen molar-refractivity contribution in [3.63, 3.8) is 0 Å². The van der Waals surface area contributed by atoms with Crippen LogP contribution in [0.2, 0.25) is 0 Å². The van der Waals surface area contributed by atoms with E-state index >= 15 is 0 Å². The fourth-order valence-corrected chi connectivity index (χ4v) is 3.51. The Labute approximate surface area is 172 Å². The van der Waals surface area contributed by atoms with E-state index in [1.807, 2.05) is 28.6 Å². The molecule has 148 valence electrons. The Kier molecular flexibility index (Phi) is 5.47. The zero-order valence-electron chi connectivity index (χ0n) is 17.2. The lowest BCUT2D eigenvalue weighted by atomic mass is 10.0. The second kappa shape index (κ2) is 8.35. The van der Waals surface area contributed by atoms with Gasteiger partial charge in [-0.2, -0.15) is 10.2 Å². The van der Waals surface area contributed by atoms with Crippen molar-refractivity contribution in [3.8, 4) is 5.69 Å². The van der Waals surface area contributed by atoms with Crippen LogP contribution in [0.4, 0.5) is 11.5 Å². The SMILES string of the molecule is Cc1cc(Nc2ccccc2CC(C)C)n(Cc2ccc(-n3cccn3)cc2)n1. The minimum Gasteiger partial charge on any atom is -0.340 e. The molecule has 29 heavy (non-hydrogen) atoms. The highest BCUT2D eigenvalue weighted by Crippen LogP contribution is 2.24. The molecule has 2 aromatic heterocycles. The van der Waals surface area contributed by atoms with E-state index in [0.29, 0.717) is 12.5 Å². The Morgan fingerprint density at radius 3 is 2.52 bits per heavy atom. The van der Waals surface area contributed by atoms with Crippen LogP contribution in [-0.4, -0.2) is 19.6 Å². The van der Waals surface area contributed by atoms with E-state index in [9.17, 15) is 0 Å². The second-order valence-electron chi connectivity index (χ2n) is 7.83. The molecule has 0 unspecified atom stereocenters. The maximum atomic E-state index is 4.70. The molecule has 0 saturated heterocycles. The molecular formula is C24H27N5. The summed E-state index contributed by atoms with van der Waals surface area (Å²) in [6.45, 7) is 7.24. The largest absolute Gasteiger partial charge is 0.340 e. The molecule has 4 aromatic rings. The van der Waals surface area contributed by atoms with Crippen LogP contribution in [0.3, 0.4) is 0 Å². The van der Waals surface area contributed by atoms with Crippen LogP contribution in [0.1, 0.15) is 30.7 Å².